The molecule has 2 aromatic rings. The molecule has 0 spiro atoms. The van der Waals surface area contributed by atoms with Crippen LogP contribution < -0.4 is 5.32 Å². The van der Waals surface area contributed by atoms with E-state index < -0.39 is 22.7 Å². The summed E-state index contributed by atoms with van der Waals surface area (Å²) in [5, 5.41) is 2.47. The van der Waals surface area contributed by atoms with Crippen LogP contribution in [0.2, 0.25) is 0 Å². The summed E-state index contributed by atoms with van der Waals surface area (Å²) in [5.74, 6) is -0.762. The second-order valence-electron chi connectivity index (χ2n) is 3.81. The number of carbonyl (C=O) groups excluding carboxylic acids is 1. The molecule has 3 nitrogen and oxygen atoms in total. The van der Waals surface area contributed by atoms with Gasteiger partial charge in [0.1, 0.15) is 4.88 Å². The van der Waals surface area contributed by atoms with Crippen LogP contribution in [0.4, 0.5) is 13.2 Å². The molecule has 1 heterocycles. The Kier molecular flexibility index (Phi) is 4.63. The molecule has 0 aliphatic carbocycles. The first-order valence-electron chi connectivity index (χ1n) is 5.43. The van der Waals surface area contributed by atoms with Crippen molar-refractivity contribution in [3.8, 4) is 0 Å². The van der Waals surface area contributed by atoms with Gasteiger partial charge in [-0.05, 0) is 28.2 Å². The summed E-state index contributed by atoms with van der Waals surface area (Å²) in [6, 6.07) is 8.96. The molecular formula is C12H8F3IN2OS. The molecule has 0 fully saturated rings. The lowest BCUT2D eigenvalue weighted by Gasteiger charge is -2.07. The molecule has 0 atom stereocenters. The van der Waals surface area contributed by atoms with Gasteiger partial charge in [-0.25, -0.2) is 4.98 Å². The molecule has 1 aromatic heterocycles. The number of carbonyl (C=O) groups is 1. The average molecular weight is 412 g/mol. The Hall–Kier alpha value is -1.16. The van der Waals surface area contributed by atoms with Crippen LogP contribution in [0.3, 0.4) is 0 Å². The van der Waals surface area contributed by atoms with Gasteiger partial charge in [0.05, 0.1) is 0 Å². The molecule has 1 amide bonds. The molecule has 1 aromatic carbocycles. The van der Waals surface area contributed by atoms with E-state index in [0.717, 1.165) is 16.9 Å². The predicted molar refractivity (Wildman–Crippen MR) is 77.4 cm³/mol. The lowest BCUT2D eigenvalue weighted by molar-refractivity contribution is -0.141. The monoisotopic (exact) mass is 412 g/mol. The van der Waals surface area contributed by atoms with E-state index in [-0.39, 0.29) is 9.56 Å². The Morgan fingerprint density at radius 2 is 1.95 bits per heavy atom. The topological polar surface area (TPSA) is 42.0 Å². The summed E-state index contributed by atoms with van der Waals surface area (Å²) in [4.78, 5) is 14.8. The normalized spacial score (nSPS) is 11.4. The Labute approximate surface area is 130 Å². The van der Waals surface area contributed by atoms with Crippen LogP contribution in [0, 0.1) is 3.01 Å². The van der Waals surface area contributed by atoms with Gasteiger partial charge < -0.3 is 5.32 Å². The first kappa shape index (κ1) is 15.2. The minimum Gasteiger partial charge on any atom is -0.347 e. The highest BCUT2D eigenvalue weighted by Gasteiger charge is 2.39. The van der Waals surface area contributed by atoms with E-state index in [9.17, 15) is 18.0 Å². The number of amides is 1. The van der Waals surface area contributed by atoms with E-state index in [1.54, 1.807) is 46.9 Å². The van der Waals surface area contributed by atoms with E-state index in [4.69, 9.17) is 0 Å². The molecule has 106 valence electrons. The van der Waals surface area contributed by atoms with Crippen molar-refractivity contribution >= 4 is 39.8 Å². The van der Waals surface area contributed by atoms with Crippen molar-refractivity contribution in [1.82, 2.24) is 10.3 Å². The van der Waals surface area contributed by atoms with Crippen LogP contribution in [0.5, 0.6) is 0 Å². The largest absolute Gasteiger partial charge is 0.435 e. The molecule has 1 N–H and O–H groups in total. The maximum absolute atomic E-state index is 12.7. The number of thiazole rings is 1. The van der Waals surface area contributed by atoms with Gasteiger partial charge in [-0.2, -0.15) is 13.2 Å². The maximum Gasteiger partial charge on any atom is 0.435 e. The zero-order chi connectivity index (χ0) is 14.8. The molecule has 8 heteroatoms. The minimum absolute atomic E-state index is 0.172. The first-order valence-corrected chi connectivity index (χ1v) is 7.33. The Morgan fingerprint density at radius 3 is 2.55 bits per heavy atom. The van der Waals surface area contributed by atoms with Crippen molar-refractivity contribution in [2.24, 2.45) is 0 Å². The number of nitrogens with one attached hydrogen (secondary N) is 1. The summed E-state index contributed by atoms with van der Waals surface area (Å²) in [6.45, 7) is 0.172. The molecule has 0 radical (unpaired) electrons. The van der Waals surface area contributed by atoms with Gasteiger partial charge >= 0.3 is 6.18 Å². The SMILES string of the molecule is O=C(NCc1ccccc1)c1sc(I)nc1C(F)(F)F. The number of nitrogens with zero attached hydrogens (tertiary/aromatic N) is 1. The van der Waals surface area contributed by atoms with Crippen molar-refractivity contribution in [1.29, 1.82) is 0 Å². The third-order valence-corrected chi connectivity index (χ3v) is 4.12. The lowest BCUT2D eigenvalue weighted by Crippen LogP contribution is -2.24. The number of hydrogen-bond donors (Lipinski definition) is 1. The highest BCUT2D eigenvalue weighted by molar-refractivity contribution is 14.1. The molecule has 20 heavy (non-hydrogen) atoms. The number of alkyl halides is 3. The molecule has 0 unspecified atom stereocenters. The van der Waals surface area contributed by atoms with E-state index in [1.807, 2.05) is 6.07 Å². The molecule has 0 aliphatic heterocycles. The molecule has 0 bridgehead atoms. The number of rotatable bonds is 3. The fourth-order valence-corrected chi connectivity index (χ4v) is 3.13. The Morgan fingerprint density at radius 1 is 1.30 bits per heavy atom. The van der Waals surface area contributed by atoms with Crippen molar-refractivity contribution in [2.45, 2.75) is 12.7 Å². The van der Waals surface area contributed by atoms with Crippen LogP contribution in [0.25, 0.3) is 0 Å². The van der Waals surface area contributed by atoms with Crippen molar-refractivity contribution in [3.05, 3.63) is 49.5 Å². The second-order valence-corrected chi connectivity index (χ2v) is 6.56. The van der Waals surface area contributed by atoms with Gasteiger partial charge in [-0.1, -0.05) is 30.3 Å². The molecule has 0 aliphatic rings. The Bertz CT molecular complexity index is 613. The second kappa shape index (κ2) is 6.08. The van der Waals surface area contributed by atoms with Gasteiger partial charge in [0, 0.05) is 6.54 Å². The lowest BCUT2D eigenvalue weighted by atomic mass is 10.2. The quantitative estimate of drug-likeness (QED) is 0.782. The molecule has 0 saturated carbocycles. The van der Waals surface area contributed by atoms with E-state index >= 15 is 0 Å². The number of aromatic nitrogens is 1. The van der Waals surface area contributed by atoms with E-state index in [1.165, 1.54) is 0 Å². The fourth-order valence-electron chi connectivity index (χ4n) is 1.50. The van der Waals surface area contributed by atoms with Crippen LogP contribution in [0.1, 0.15) is 20.9 Å². The van der Waals surface area contributed by atoms with Crippen molar-refractivity contribution < 1.29 is 18.0 Å². The van der Waals surface area contributed by atoms with Crippen LogP contribution in [0.15, 0.2) is 30.3 Å². The van der Waals surface area contributed by atoms with Gasteiger partial charge in [-0.15, -0.1) is 11.3 Å². The minimum atomic E-state index is -4.63. The summed E-state index contributed by atoms with van der Waals surface area (Å²) >= 11 is 2.39. The first-order chi connectivity index (χ1) is 9.38. The third-order valence-electron chi connectivity index (χ3n) is 2.37. The molecular weight excluding hydrogens is 404 g/mol. The average Bonchev–Trinajstić information content (AvgIpc) is 2.79. The van der Waals surface area contributed by atoms with E-state index in [0.29, 0.717) is 0 Å². The highest BCUT2D eigenvalue weighted by atomic mass is 127. The van der Waals surface area contributed by atoms with Gasteiger partial charge in [0.25, 0.3) is 5.91 Å². The Balaban J connectivity index is 2.14. The number of hydrogen-bond acceptors (Lipinski definition) is 3. The molecule has 0 saturated heterocycles. The maximum atomic E-state index is 12.7. The van der Waals surface area contributed by atoms with Gasteiger partial charge in [0.2, 0.25) is 0 Å². The standard InChI is InChI=1S/C12H8F3IN2OS/c13-12(14,15)9-8(20-11(16)18-9)10(19)17-6-7-4-2-1-3-5-7/h1-5H,6H2,(H,17,19). The number of benzene rings is 1. The summed E-state index contributed by atoms with van der Waals surface area (Å²) in [5.41, 5.74) is -0.314. The predicted octanol–water partition coefficient (Wildman–Crippen LogP) is 3.70. The molecule has 2 rings (SSSR count). The third kappa shape index (κ3) is 3.69. The van der Waals surface area contributed by atoms with Gasteiger partial charge in [-0.3, -0.25) is 4.79 Å². The van der Waals surface area contributed by atoms with E-state index in [2.05, 4.69) is 10.3 Å². The van der Waals surface area contributed by atoms with Crippen LogP contribution in [-0.2, 0) is 12.7 Å². The van der Waals surface area contributed by atoms with Crippen LogP contribution in [-0.4, -0.2) is 10.9 Å². The van der Waals surface area contributed by atoms with Crippen LogP contribution >= 0.6 is 33.9 Å². The van der Waals surface area contributed by atoms with Crippen molar-refractivity contribution in [3.63, 3.8) is 0 Å². The highest BCUT2D eigenvalue weighted by Crippen LogP contribution is 2.34. The smallest absolute Gasteiger partial charge is 0.347 e. The summed E-state index contributed by atoms with van der Waals surface area (Å²) in [6.07, 6.45) is -4.63. The summed E-state index contributed by atoms with van der Waals surface area (Å²) < 4.78 is 38.4. The number of halogens is 4. The fraction of sp³-hybridized carbons (Fsp3) is 0.167. The van der Waals surface area contributed by atoms with Crippen molar-refractivity contribution in [2.75, 3.05) is 0 Å². The summed E-state index contributed by atoms with van der Waals surface area (Å²) in [7, 11) is 0. The zero-order valence-corrected chi connectivity index (χ0v) is 12.8. The van der Waals surface area contributed by atoms with Gasteiger partial charge in [0.15, 0.2) is 8.71 Å². The zero-order valence-electron chi connectivity index (χ0n) is 9.87.